The Kier molecular flexibility index (Phi) is 5.49. The number of rotatable bonds is 5. The molecule has 0 aromatic heterocycles. The van der Waals surface area contributed by atoms with Gasteiger partial charge in [0, 0.05) is 12.3 Å². The van der Waals surface area contributed by atoms with E-state index in [-0.39, 0.29) is 0 Å². The molecule has 0 saturated heterocycles. The van der Waals surface area contributed by atoms with Gasteiger partial charge in [-0.25, -0.2) is 0 Å². The van der Waals surface area contributed by atoms with Crippen molar-refractivity contribution in [2.24, 2.45) is 16.6 Å². The minimum atomic E-state index is -0.892. The van der Waals surface area contributed by atoms with E-state index in [1.165, 1.54) is 0 Å². The smallest absolute Gasteiger partial charge is 0.240 e. The number of hydrogen-bond donors (Lipinski definition) is 1. The van der Waals surface area contributed by atoms with Gasteiger partial charge in [-0.15, -0.1) is 0 Å². The lowest BCUT2D eigenvalue weighted by Crippen LogP contribution is -2.28. The molecule has 0 aliphatic carbocycles. The van der Waals surface area contributed by atoms with Crippen molar-refractivity contribution in [1.82, 2.24) is 4.90 Å². The predicted molar refractivity (Wildman–Crippen MR) is 54.8 cm³/mol. The molecule has 1 amide bonds. The van der Waals surface area contributed by atoms with Crippen LogP contribution in [0.4, 0.5) is 0 Å². The first-order valence-corrected chi connectivity index (χ1v) is 4.33. The van der Waals surface area contributed by atoms with Crippen molar-refractivity contribution < 1.29 is 4.79 Å². The number of nitriles is 1. The number of aliphatic imine (C=N–C) groups is 1. The van der Waals surface area contributed by atoms with E-state index in [2.05, 4.69) is 4.99 Å². The second-order valence-electron chi connectivity index (χ2n) is 3.29. The SMILES string of the molecule is CC(=NCCN(C)C)C(C#N)C(N)=O. The highest BCUT2D eigenvalue weighted by atomic mass is 16.1. The van der Waals surface area contributed by atoms with E-state index in [0.29, 0.717) is 12.3 Å². The fourth-order valence-corrected chi connectivity index (χ4v) is 0.881. The summed E-state index contributed by atoms with van der Waals surface area (Å²) in [7, 11) is 3.86. The molecule has 5 nitrogen and oxygen atoms in total. The van der Waals surface area contributed by atoms with Crippen molar-refractivity contribution in [1.29, 1.82) is 5.26 Å². The fraction of sp³-hybridized carbons (Fsp3) is 0.667. The fourth-order valence-electron chi connectivity index (χ4n) is 0.881. The lowest BCUT2D eigenvalue weighted by atomic mass is 10.1. The topological polar surface area (TPSA) is 82.5 Å². The normalized spacial score (nSPS) is 13.8. The highest BCUT2D eigenvalue weighted by Gasteiger charge is 2.17. The number of nitrogens with two attached hydrogens (primary N) is 1. The first-order valence-electron chi connectivity index (χ1n) is 4.33. The monoisotopic (exact) mass is 196 g/mol. The molecule has 0 aliphatic heterocycles. The molecule has 0 bridgehead atoms. The molecule has 0 aliphatic rings. The maximum Gasteiger partial charge on any atom is 0.240 e. The zero-order valence-corrected chi connectivity index (χ0v) is 8.82. The maximum absolute atomic E-state index is 10.8. The number of carbonyl (C=O) groups is 1. The summed E-state index contributed by atoms with van der Waals surface area (Å²) < 4.78 is 0. The van der Waals surface area contributed by atoms with Crippen LogP contribution in [0.3, 0.4) is 0 Å². The molecule has 0 heterocycles. The van der Waals surface area contributed by atoms with Crippen molar-refractivity contribution in [3.63, 3.8) is 0 Å². The quantitative estimate of drug-likeness (QED) is 0.609. The molecule has 14 heavy (non-hydrogen) atoms. The van der Waals surface area contributed by atoms with Gasteiger partial charge < -0.3 is 10.6 Å². The minimum absolute atomic E-state index is 0.488. The first kappa shape index (κ1) is 12.6. The lowest BCUT2D eigenvalue weighted by molar-refractivity contribution is -0.118. The number of nitrogens with zero attached hydrogens (tertiary/aromatic N) is 3. The predicted octanol–water partition coefficient (Wildman–Crippen LogP) is -0.366. The molecule has 0 saturated carbocycles. The van der Waals surface area contributed by atoms with Crippen LogP contribution in [-0.2, 0) is 4.79 Å². The van der Waals surface area contributed by atoms with Gasteiger partial charge >= 0.3 is 0 Å². The van der Waals surface area contributed by atoms with Gasteiger partial charge in [0.2, 0.25) is 5.91 Å². The third-order valence-electron chi connectivity index (χ3n) is 1.74. The van der Waals surface area contributed by atoms with Crippen LogP contribution < -0.4 is 5.73 Å². The Morgan fingerprint density at radius 1 is 1.64 bits per heavy atom. The summed E-state index contributed by atoms with van der Waals surface area (Å²) in [4.78, 5) is 16.9. The van der Waals surface area contributed by atoms with Gasteiger partial charge in [-0.3, -0.25) is 9.79 Å². The number of hydrogen-bond acceptors (Lipinski definition) is 4. The summed E-state index contributed by atoms with van der Waals surface area (Å²) in [5.41, 5.74) is 5.51. The zero-order chi connectivity index (χ0) is 11.1. The Morgan fingerprint density at radius 2 is 2.21 bits per heavy atom. The van der Waals surface area contributed by atoms with Crippen LogP contribution >= 0.6 is 0 Å². The van der Waals surface area contributed by atoms with Crippen LogP contribution in [-0.4, -0.2) is 43.7 Å². The van der Waals surface area contributed by atoms with Crippen LogP contribution in [0.5, 0.6) is 0 Å². The standard InChI is InChI=1S/C9H16N4O/c1-7(8(6-10)9(11)14)12-4-5-13(2)3/h8H,4-5H2,1-3H3,(H2,11,14). The van der Waals surface area contributed by atoms with Crippen molar-refractivity contribution in [3.8, 4) is 6.07 Å². The second kappa shape index (κ2) is 6.11. The molecule has 1 atom stereocenters. The summed E-state index contributed by atoms with van der Waals surface area (Å²) >= 11 is 0. The van der Waals surface area contributed by atoms with Gasteiger partial charge in [0.05, 0.1) is 12.6 Å². The lowest BCUT2D eigenvalue weighted by Gasteiger charge is -2.08. The Balaban J connectivity index is 4.22. The molecule has 0 fully saturated rings. The van der Waals surface area contributed by atoms with Crippen molar-refractivity contribution >= 4 is 11.6 Å². The van der Waals surface area contributed by atoms with Gasteiger partial charge in [0.1, 0.15) is 0 Å². The van der Waals surface area contributed by atoms with Crippen LogP contribution in [0.25, 0.3) is 0 Å². The summed E-state index contributed by atoms with van der Waals surface area (Å²) in [6.45, 7) is 3.01. The van der Waals surface area contributed by atoms with E-state index in [9.17, 15) is 4.79 Å². The summed E-state index contributed by atoms with van der Waals surface area (Å²) in [6, 6.07) is 1.82. The first-order chi connectivity index (χ1) is 6.49. The van der Waals surface area contributed by atoms with Gasteiger partial charge in [0.25, 0.3) is 0 Å². The molecule has 0 aromatic rings. The van der Waals surface area contributed by atoms with Crippen LogP contribution in [0.2, 0.25) is 0 Å². The molecule has 78 valence electrons. The van der Waals surface area contributed by atoms with Crippen LogP contribution in [0.1, 0.15) is 6.92 Å². The number of likely N-dealkylation sites (N-methyl/N-ethyl adjacent to an activating group) is 1. The average molecular weight is 196 g/mol. The maximum atomic E-state index is 10.8. The highest BCUT2D eigenvalue weighted by molar-refractivity contribution is 6.04. The molecule has 0 rings (SSSR count). The summed E-state index contributed by atoms with van der Waals surface area (Å²) in [5, 5.41) is 8.63. The zero-order valence-electron chi connectivity index (χ0n) is 8.82. The number of primary amides is 1. The number of carbonyl (C=O) groups excluding carboxylic acids is 1. The van der Waals surface area contributed by atoms with Crippen molar-refractivity contribution in [2.45, 2.75) is 6.92 Å². The molecule has 0 spiro atoms. The van der Waals surface area contributed by atoms with E-state index >= 15 is 0 Å². The van der Waals surface area contributed by atoms with E-state index in [0.717, 1.165) is 6.54 Å². The van der Waals surface area contributed by atoms with Gasteiger partial charge in [-0.2, -0.15) is 5.26 Å². The van der Waals surface area contributed by atoms with E-state index in [1.807, 2.05) is 25.1 Å². The summed E-state index contributed by atoms with van der Waals surface area (Å²) in [5.74, 6) is -1.53. The molecule has 5 heteroatoms. The largest absolute Gasteiger partial charge is 0.368 e. The Bertz CT molecular complexity index is 264. The molecule has 0 aromatic carbocycles. The van der Waals surface area contributed by atoms with E-state index in [1.54, 1.807) is 6.92 Å². The highest BCUT2D eigenvalue weighted by Crippen LogP contribution is 1.97. The van der Waals surface area contributed by atoms with E-state index < -0.39 is 11.8 Å². The van der Waals surface area contributed by atoms with Gasteiger partial charge in [-0.1, -0.05) is 0 Å². The molecule has 0 radical (unpaired) electrons. The van der Waals surface area contributed by atoms with Crippen LogP contribution in [0.15, 0.2) is 4.99 Å². The third kappa shape index (κ3) is 4.58. The summed E-state index contributed by atoms with van der Waals surface area (Å²) in [6.07, 6.45) is 0. The number of amides is 1. The third-order valence-corrected chi connectivity index (χ3v) is 1.74. The molecular weight excluding hydrogens is 180 g/mol. The molecular formula is C9H16N4O. The van der Waals surface area contributed by atoms with Crippen molar-refractivity contribution in [2.75, 3.05) is 27.2 Å². The van der Waals surface area contributed by atoms with Crippen molar-refractivity contribution in [3.05, 3.63) is 0 Å². The van der Waals surface area contributed by atoms with Gasteiger partial charge in [-0.05, 0) is 21.0 Å². The van der Waals surface area contributed by atoms with Gasteiger partial charge in [0.15, 0.2) is 5.92 Å². The molecule has 2 N–H and O–H groups in total. The Labute approximate surface area is 84.2 Å². The Morgan fingerprint density at radius 3 is 2.57 bits per heavy atom. The second-order valence-corrected chi connectivity index (χ2v) is 3.29. The Hall–Kier alpha value is -1.41. The average Bonchev–Trinajstić information content (AvgIpc) is 2.03. The molecule has 1 unspecified atom stereocenters. The van der Waals surface area contributed by atoms with Crippen LogP contribution in [0, 0.1) is 17.2 Å². The van der Waals surface area contributed by atoms with E-state index in [4.69, 9.17) is 11.0 Å². The minimum Gasteiger partial charge on any atom is -0.368 e.